The maximum Gasteiger partial charge on any atom is 0.336 e. The molecule has 1 unspecified atom stereocenters. The van der Waals surface area contributed by atoms with E-state index < -0.39 is 11.9 Å². The minimum atomic E-state index is -0.569. The molecule has 0 saturated heterocycles. The molecule has 1 aliphatic heterocycles. The predicted octanol–water partition coefficient (Wildman–Crippen LogP) is 5.58. The van der Waals surface area contributed by atoms with Crippen LogP contribution in [0.2, 0.25) is 5.02 Å². The molecule has 1 heterocycles. The summed E-state index contributed by atoms with van der Waals surface area (Å²) in [5.41, 5.74) is 8.68. The largest absolute Gasteiger partial charge is 0.494 e. The fraction of sp³-hybridized carbons (Fsp3) is 0.111. The number of halogens is 1. The van der Waals surface area contributed by atoms with E-state index in [1.54, 1.807) is 36.4 Å². The molecule has 0 bridgehead atoms. The summed E-state index contributed by atoms with van der Waals surface area (Å²) < 4.78 is 16.6. The molecule has 0 radical (unpaired) electrons. The Bertz CT molecular complexity index is 1320. The second-order valence-electron chi connectivity index (χ2n) is 7.40. The topological polar surface area (TPSA) is 94.6 Å². The van der Waals surface area contributed by atoms with Crippen LogP contribution >= 0.6 is 11.6 Å². The summed E-state index contributed by atoms with van der Waals surface area (Å²) >= 11 is 6.11. The molecular weight excluding hydrogens is 452 g/mol. The molecule has 0 aromatic heterocycles. The third-order valence-corrected chi connectivity index (χ3v) is 5.58. The lowest BCUT2D eigenvalue weighted by Crippen LogP contribution is -2.21. The van der Waals surface area contributed by atoms with Gasteiger partial charge in [-0.3, -0.25) is 0 Å². The molecule has 0 saturated carbocycles. The van der Waals surface area contributed by atoms with Crippen molar-refractivity contribution in [2.45, 2.75) is 12.8 Å². The van der Waals surface area contributed by atoms with Gasteiger partial charge in [-0.25, -0.2) is 4.79 Å². The van der Waals surface area contributed by atoms with Crippen LogP contribution in [0, 0.1) is 11.3 Å². The van der Waals surface area contributed by atoms with E-state index in [0.29, 0.717) is 28.5 Å². The highest BCUT2D eigenvalue weighted by Crippen LogP contribution is 2.43. The van der Waals surface area contributed by atoms with Gasteiger partial charge in [0.1, 0.15) is 28.9 Å². The minimum absolute atomic E-state index is 0.0102. The number of nitriles is 1. The Morgan fingerprint density at radius 3 is 2.59 bits per heavy atom. The van der Waals surface area contributed by atoms with Crippen LogP contribution in [0.15, 0.2) is 84.3 Å². The van der Waals surface area contributed by atoms with Crippen LogP contribution in [-0.4, -0.2) is 12.6 Å². The quantitative estimate of drug-likeness (QED) is 0.286. The maximum absolute atomic E-state index is 12.3. The molecular formula is C27H21ClN2O4. The molecule has 0 amide bonds. The summed E-state index contributed by atoms with van der Waals surface area (Å²) in [5.74, 6) is 0.452. The minimum Gasteiger partial charge on any atom is -0.494 e. The molecule has 1 aliphatic rings. The number of hydrogen-bond acceptors (Lipinski definition) is 6. The van der Waals surface area contributed by atoms with E-state index in [9.17, 15) is 10.1 Å². The molecule has 170 valence electrons. The van der Waals surface area contributed by atoms with Crippen molar-refractivity contribution in [2.24, 2.45) is 5.73 Å². The van der Waals surface area contributed by atoms with Gasteiger partial charge < -0.3 is 19.9 Å². The fourth-order valence-electron chi connectivity index (χ4n) is 3.68. The van der Waals surface area contributed by atoms with Crippen LogP contribution in [0.4, 0.5) is 0 Å². The standard InChI is InChI=1S/C27H21ClN2O4/c1-2-32-19-10-7-18(8-11-19)26-21-13-12-20(15-24(21)34-27(30)22(26)16-29)33-25(31)14-9-17-5-3-4-6-23(17)28/h3-15,26H,2,30H2,1H3/b14-9+. The molecule has 7 heteroatoms. The highest BCUT2D eigenvalue weighted by Gasteiger charge is 2.31. The van der Waals surface area contributed by atoms with E-state index in [1.165, 1.54) is 6.08 Å². The van der Waals surface area contributed by atoms with E-state index in [1.807, 2.05) is 43.3 Å². The Kier molecular flexibility index (Phi) is 6.86. The van der Waals surface area contributed by atoms with Gasteiger partial charge in [0.2, 0.25) is 5.88 Å². The van der Waals surface area contributed by atoms with Crippen molar-refractivity contribution in [1.29, 1.82) is 5.26 Å². The first-order valence-electron chi connectivity index (χ1n) is 10.6. The molecule has 34 heavy (non-hydrogen) atoms. The molecule has 1 atom stereocenters. The Morgan fingerprint density at radius 2 is 1.88 bits per heavy atom. The van der Waals surface area contributed by atoms with Gasteiger partial charge >= 0.3 is 5.97 Å². The van der Waals surface area contributed by atoms with E-state index >= 15 is 0 Å². The molecule has 6 nitrogen and oxygen atoms in total. The first kappa shape index (κ1) is 23.0. The number of allylic oxidation sites excluding steroid dienone is 1. The zero-order valence-corrected chi connectivity index (χ0v) is 19.1. The van der Waals surface area contributed by atoms with Crippen LogP contribution in [0.1, 0.15) is 29.5 Å². The third-order valence-electron chi connectivity index (χ3n) is 5.24. The number of carbonyl (C=O) groups is 1. The summed E-state index contributed by atoms with van der Waals surface area (Å²) in [5, 5.41) is 10.3. The van der Waals surface area contributed by atoms with Crippen molar-refractivity contribution in [1.82, 2.24) is 0 Å². The van der Waals surface area contributed by atoms with Crippen LogP contribution in [-0.2, 0) is 4.79 Å². The van der Waals surface area contributed by atoms with E-state index in [4.69, 9.17) is 31.5 Å². The SMILES string of the molecule is CCOc1ccc(C2C(C#N)=C(N)Oc3cc(OC(=O)/C=C/c4ccccc4Cl)ccc32)cc1. The Hall–Kier alpha value is -4.21. The third kappa shape index (κ3) is 4.90. The van der Waals surface area contributed by atoms with E-state index in [-0.39, 0.29) is 11.6 Å². The lowest BCUT2D eigenvalue weighted by Gasteiger charge is -2.26. The molecule has 4 rings (SSSR count). The average Bonchev–Trinajstić information content (AvgIpc) is 2.83. The Balaban J connectivity index is 1.59. The summed E-state index contributed by atoms with van der Waals surface area (Å²) in [4.78, 5) is 12.3. The monoisotopic (exact) mass is 472 g/mol. The summed E-state index contributed by atoms with van der Waals surface area (Å²) in [7, 11) is 0. The Morgan fingerprint density at radius 1 is 1.15 bits per heavy atom. The summed E-state index contributed by atoms with van der Waals surface area (Å²) in [6.07, 6.45) is 2.88. The van der Waals surface area contributed by atoms with Gasteiger partial charge in [-0.05, 0) is 48.4 Å². The number of nitrogens with two attached hydrogens (primary N) is 1. The normalized spacial score (nSPS) is 14.8. The van der Waals surface area contributed by atoms with Gasteiger partial charge in [0.05, 0.1) is 12.5 Å². The predicted molar refractivity (Wildman–Crippen MR) is 129 cm³/mol. The first-order chi connectivity index (χ1) is 16.5. The van der Waals surface area contributed by atoms with Crippen LogP contribution < -0.4 is 19.9 Å². The zero-order chi connectivity index (χ0) is 24.1. The van der Waals surface area contributed by atoms with Crippen LogP contribution in [0.3, 0.4) is 0 Å². The van der Waals surface area contributed by atoms with E-state index in [2.05, 4.69) is 6.07 Å². The van der Waals surface area contributed by atoms with Crippen molar-refractivity contribution in [3.8, 4) is 23.3 Å². The summed E-state index contributed by atoms with van der Waals surface area (Å²) in [6.45, 7) is 2.47. The van der Waals surface area contributed by atoms with Gasteiger partial charge in [0, 0.05) is 22.7 Å². The number of fused-ring (bicyclic) bond motifs is 1. The highest BCUT2D eigenvalue weighted by atomic mass is 35.5. The second-order valence-corrected chi connectivity index (χ2v) is 7.81. The zero-order valence-electron chi connectivity index (χ0n) is 18.3. The maximum atomic E-state index is 12.3. The van der Waals surface area contributed by atoms with Crippen LogP contribution in [0.5, 0.6) is 17.2 Å². The second kappa shape index (κ2) is 10.2. The van der Waals surface area contributed by atoms with Crippen molar-refractivity contribution in [3.05, 3.63) is 106 Å². The highest BCUT2D eigenvalue weighted by molar-refractivity contribution is 6.32. The van der Waals surface area contributed by atoms with Crippen molar-refractivity contribution in [3.63, 3.8) is 0 Å². The lowest BCUT2D eigenvalue weighted by atomic mass is 9.83. The van der Waals surface area contributed by atoms with E-state index in [0.717, 1.165) is 16.9 Å². The number of rotatable bonds is 6. The molecule has 2 N–H and O–H groups in total. The molecule has 0 aliphatic carbocycles. The van der Waals surface area contributed by atoms with Crippen molar-refractivity contribution < 1.29 is 19.0 Å². The molecule has 3 aromatic rings. The van der Waals surface area contributed by atoms with Gasteiger partial charge in [-0.1, -0.05) is 48.0 Å². The molecule has 3 aromatic carbocycles. The number of benzene rings is 3. The molecule has 0 fully saturated rings. The van der Waals surface area contributed by atoms with Crippen LogP contribution in [0.25, 0.3) is 6.08 Å². The van der Waals surface area contributed by atoms with Crippen molar-refractivity contribution >= 4 is 23.6 Å². The first-order valence-corrected chi connectivity index (χ1v) is 11.0. The van der Waals surface area contributed by atoms with Gasteiger partial charge in [0.25, 0.3) is 0 Å². The van der Waals surface area contributed by atoms with Gasteiger partial charge in [-0.15, -0.1) is 0 Å². The summed E-state index contributed by atoms with van der Waals surface area (Å²) in [6, 6.07) is 21.8. The number of esters is 1. The number of hydrogen-bond donors (Lipinski definition) is 1. The smallest absolute Gasteiger partial charge is 0.336 e. The average molecular weight is 473 g/mol. The number of carbonyl (C=O) groups excluding carboxylic acids is 1. The van der Waals surface area contributed by atoms with Crippen molar-refractivity contribution in [2.75, 3.05) is 6.61 Å². The van der Waals surface area contributed by atoms with Gasteiger partial charge in [0.15, 0.2) is 0 Å². The number of ether oxygens (including phenoxy) is 3. The number of nitrogens with zero attached hydrogens (tertiary/aromatic N) is 1. The lowest BCUT2D eigenvalue weighted by molar-refractivity contribution is -0.128. The molecule has 0 spiro atoms. The Labute approximate surface area is 202 Å². The van der Waals surface area contributed by atoms with Gasteiger partial charge in [-0.2, -0.15) is 5.26 Å². The fourth-order valence-corrected chi connectivity index (χ4v) is 3.88.